The lowest BCUT2D eigenvalue weighted by atomic mass is 10.0. The van der Waals surface area contributed by atoms with Gasteiger partial charge >= 0.3 is 0 Å². The van der Waals surface area contributed by atoms with Crippen LogP contribution in [-0.2, 0) is 11.3 Å². The van der Waals surface area contributed by atoms with Crippen molar-refractivity contribution < 1.29 is 14.0 Å². The Bertz CT molecular complexity index is 1010. The molecule has 0 saturated carbocycles. The number of hydrogen-bond donors (Lipinski definition) is 1. The largest absolute Gasteiger partial charge is 0.459 e. The zero-order valence-electron chi connectivity index (χ0n) is 18.5. The molecule has 0 fully saturated rings. The van der Waals surface area contributed by atoms with E-state index in [0.29, 0.717) is 18.7 Å². The van der Waals surface area contributed by atoms with Gasteiger partial charge in [-0.2, -0.15) is 0 Å². The molecule has 6 heteroatoms. The fraction of sp³-hybridized carbons (Fsp3) is 0.280. The number of anilines is 2. The number of carbonyl (C=O) groups is 2. The van der Waals surface area contributed by atoms with Crippen molar-refractivity contribution in [2.75, 3.05) is 24.3 Å². The van der Waals surface area contributed by atoms with E-state index in [2.05, 4.69) is 5.32 Å². The molecule has 1 aromatic heterocycles. The van der Waals surface area contributed by atoms with E-state index in [1.165, 1.54) is 6.26 Å². The van der Waals surface area contributed by atoms with Crippen LogP contribution in [0.15, 0.2) is 71.3 Å². The Morgan fingerprint density at radius 2 is 1.77 bits per heavy atom. The Labute approximate surface area is 183 Å². The molecule has 2 amide bonds. The van der Waals surface area contributed by atoms with Crippen LogP contribution in [0.2, 0.25) is 0 Å². The van der Waals surface area contributed by atoms with Gasteiger partial charge in [-0.3, -0.25) is 9.59 Å². The maximum absolute atomic E-state index is 12.9. The number of amides is 2. The summed E-state index contributed by atoms with van der Waals surface area (Å²) in [6.45, 7) is 4.35. The van der Waals surface area contributed by atoms with Crippen LogP contribution >= 0.6 is 0 Å². The van der Waals surface area contributed by atoms with E-state index in [1.807, 2.05) is 86.3 Å². The molecule has 6 nitrogen and oxygen atoms in total. The van der Waals surface area contributed by atoms with Crippen molar-refractivity contribution in [2.24, 2.45) is 0 Å². The lowest BCUT2D eigenvalue weighted by Crippen LogP contribution is -2.33. The molecule has 2 aromatic carbocycles. The first-order valence-corrected chi connectivity index (χ1v) is 10.4. The van der Waals surface area contributed by atoms with E-state index in [1.54, 1.807) is 12.1 Å². The Morgan fingerprint density at radius 1 is 1.03 bits per heavy atom. The lowest BCUT2D eigenvalue weighted by Gasteiger charge is -2.31. The summed E-state index contributed by atoms with van der Waals surface area (Å²) < 4.78 is 5.18. The summed E-state index contributed by atoms with van der Waals surface area (Å²) in [6, 6.07) is 18.9. The van der Waals surface area contributed by atoms with Gasteiger partial charge in [0.05, 0.1) is 12.3 Å². The zero-order valence-corrected chi connectivity index (χ0v) is 18.5. The predicted octanol–water partition coefficient (Wildman–Crippen LogP) is 5.10. The summed E-state index contributed by atoms with van der Waals surface area (Å²) >= 11 is 0. The summed E-state index contributed by atoms with van der Waals surface area (Å²) in [4.78, 5) is 29.1. The molecule has 1 N–H and O–H groups in total. The Balaban J connectivity index is 1.91. The normalized spacial score (nSPS) is 11.6. The first-order valence-electron chi connectivity index (χ1n) is 10.4. The minimum Gasteiger partial charge on any atom is -0.459 e. The van der Waals surface area contributed by atoms with E-state index >= 15 is 0 Å². The molecule has 0 aliphatic rings. The first kappa shape index (κ1) is 22.2. The molecule has 0 aliphatic carbocycles. The highest BCUT2D eigenvalue weighted by Gasteiger charge is 2.22. The van der Waals surface area contributed by atoms with Gasteiger partial charge < -0.3 is 19.5 Å². The van der Waals surface area contributed by atoms with Crippen LogP contribution in [0.3, 0.4) is 0 Å². The highest BCUT2D eigenvalue weighted by atomic mass is 16.3. The van der Waals surface area contributed by atoms with Crippen LogP contribution in [0, 0.1) is 0 Å². The number of carbonyl (C=O) groups excluding carboxylic acids is 2. The fourth-order valence-corrected chi connectivity index (χ4v) is 3.57. The molecule has 0 radical (unpaired) electrons. The third kappa shape index (κ3) is 5.34. The van der Waals surface area contributed by atoms with Crippen LogP contribution < -0.4 is 10.2 Å². The van der Waals surface area contributed by atoms with Gasteiger partial charge in [0, 0.05) is 38.4 Å². The number of hydrogen-bond acceptors (Lipinski definition) is 4. The minimum absolute atomic E-state index is 0.0751. The van der Waals surface area contributed by atoms with Crippen molar-refractivity contribution in [3.8, 4) is 0 Å². The van der Waals surface area contributed by atoms with Gasteiger partial charge in [-0.05, 0) is 48.4 Å². The highest BCUT2D eigenvalue weighted by Crippen LogP contribution is 2.29. The molecule has 0 spiro atoms. The third-order valence-electron chi connectivity index (χ3n) is 5.28. The lowest BCUT2D eigenvalue weighted by molar-refractivity contribution is -0.133. The Morgan fingerprint density at radius 3 is 2.39 bits per heavy atom. The molecule has 162 valence electrons. The second-order valence-electron chi connectivity index (χ2n) is 7.63. The van der Waals surface area contributed by atoms with Gasteiger partial charge in [-0.1, -0.05) is 37.3 Å². The van der Waals surface area contributed by atoms with Gasteiger partial charge in [-0.15, -0.1) is 0 Å². The van der Waals surface area contributed by atoms with Gasteiger partial charge in [0.1, 0.15) is 0 Å². The smallest absolute Gasteiger partial charge is 0.291 e. The average Bonchev–Trinajstić information content (AvgIpc) is 3.32. The quantitative estimate of drug-likeness (QED) is 0.552. The third-order valence-corrected chi connectivity index (χ3v) is 5.28. The molecular formula is C25H29N3O3. The van der Waals surface area contributed by atoms with Crippen LogP contribution in [0.4, 0.5) is 11.4 Å². The highest BCUT2D eigenvalue weighted by molar-refractivity contribution is 6.02. The number of nitrogens with one attached hydrogen (secondary N) is 1. The van der Waals surface area contributed by atoms with E-state index < -0.39 is 0 Å². The molecular weight excluding hydrogens is 390 g/mol. The number of rotatable bonds is 8. The Kier molecular flexibility index (Phi) is 7.13. The van der Waals surface area contributed by atoms with Gasteiger partial charge in [0.2, 0.25) is 5.91 Å². The van der Waals surface area contributed by atoms with Gasteiger partial charge in [-0.25, -0.2) is 0 Å². The van der Waals surface area contributed by atoms with Crippen molar-refractivity contribution in [2.45, 2.75) is 32.9 Å². The minimum atomic E-state index is -0.312. The maximum Gasteiger partial charge on any atom is 0.291 e. The number of nitrogens with zero attached hydrogens (tertiary/aromatic N) is 2. The summed E-state index contributed by atoms with van der Waals surface area (Å²) in [5.41, 5.74) is 3.67. The molecule has 31 heavy (non-hydrogen) atoms. The average molecular weight is 420 g/mol. The summed E-state index contributed by atoms with van der Waals surface area (Å²) in [5.74, 6) is 0.0116. The second-order valence-corrected chi connectivity index (χ2v) is 7.63. The van der Waals surface area contributed by atoms with Crippen LogP contribution in [-0.4, -0.2) is 30.8 Å². The van der Waals surface area contributed by atoms with Gasteiger partial charge in [0.15, 0.2) is 5.76 Å². The van der Waals surface area contributed by atoms with Crippen LogP contribution in [0.5, 0.6) is 0 Å². The first-order chi connectivity index (χ1) is 14.9. The second kappa shape index (κ2) is 9.98. The molecule has 3 aromatic rings. The van der Waals surface area contributed by atoms with E-state index in [9.17, 15) is 9.59 Å². The Hall–Kier alpha value is -3.54. The molecule has 1 atom stereocenters. The van der Waals surface area contributed by atoms with Crippen LogP contribution in [0.25, 0.3) is 0 Å². The molecule has 0 saturated heterocycles. The summed E-state index contributed by atoms with van der Waals surface area (Å²) in [5, 5.41) is 2.87. The molecule has 1 heterocycles. The van der Waals surface area contributed by atoms with Crippen molar-refractivity contribution in [1.29, 1.82) is 0 Å². The SMILES string of the molecule is CCC(=O)N(Cc1cc(NC(=O)c2ccco2)ccc1N(C)C)[C@@H](C)c1ccccc1. The number of benzene rings is 2. The monoisotopic (exact) mass is 419 g/mol. The van der Waals surface area contributed by atoms with Crippen molar-refractivity contribution in [3.63, 3.8) is 0 Å². The molecule has 0 bridgehead atoms. The van der Waals surface area contributed by atoms with Crippen LogP contribution in [0.1, 0.15) is 48.0 Å². The van der Waals surface area contributed by atoms with E-state index in [4.69, 9.17) is 4.42 Å². The molecule has 0 aliphatic heterocycles. The predicted molar refractivity (Wildman–Crippen MR) is 123 cm³/mol. The van der Waals surface area contributed by atoms with E-state index in [0.717, 1.165) is 16.8 Å². The standard InChI is InChI=1S/C25H29N3O3/c1-5-24(29)28(18(2)19-10-7-6-8-11-19)17-20-16-21(13-14-22(20)27(3)4)26-25(30)23-12-9-15-31-23/h6-16,18H,5,17H2,1-4H3,(H,26,30)/t18-/m0/s1. The number of furan rings is 1. The molecule has 0 unspecified atom stereocenters. The van der Waals surface area contributed by atoms with Crippen molar-refractivity contribution >= 4 is 23.2 Å². The molecule has 3 rings (SSSR count). The van der Waals surface area contributed by atoms with Crippen molar-refractivity contribution in [3.05, 3.63) is 83.8 Å². The summed E-state index contributed by atoms with van der Waals surface area (Å²) in [7, 11) is 3.93. The zero-order chi connectivity index (χ0) is 22.4. The summed E-state index contributed by atoms with van der Waals surface area (Å²) in [6.07, 6.45) is 1.89. The van der Waals surface area contributed by atoms with Gasteiger partial charge in [0.25, 0.3) is 5.91 Å². The topological polar surface area (TPSA) is 65.8 Å². The van der Waals surface area contributed by atoms with Crippen molar-refractivity contribution in [1.82, 2.24) is 4.90 Å². The maximum atomic E-state index is 12.9. The fourth-order valence-electron chi connectivity index (χ4n) is 3.57. The van der Waals surface area contributed by atoms with E-state index in [-0.39, 0.29) is 23.6 Å².